The van der Waals surface area contributed by atoms with Gasteiger partial charge in [-0.15, -0.1) is 5.10 Å². The summed E-state index contributed by atoms with van der Waals surface area (Å²) in [5, 5.41) is 17.5. The van der Waals surface area contributed by atoms with E-state index in [1.807, 2.05) is 19.1 Å². The lowest BCUT2D eigenvalue weighted by Gasteiger charge is -2.39. The fourth-order valence-electron chi connectivity index (χ4n) is 8.38. The highest BCUT2D eigenvalue weighted by Crippen LogP contribution is 2.50. The smallest absolute Gasteiger partial charge is 0.416 e. The Hall–Kier alpha value is -5.98. The van der Waals surface area contributed by atoms with Gasteiger partial charge in [0, 0.05) is 48.4 Å². The molecule has 2 fully saturated rings. The molecule has 1 atom stereocenters. The number of morpholine rings is 1. The van der Waals surface area contributed by atoms with Crippen LogP contribution in [-0.2, 0) is 27.7 Å². The highest BCUT2D eigenvalue weighted by atomic mass is 19.4. The third-order valence-corrected chi connectivity index (χ3v) is 11.2. The second-order valence-corrected chi connectivity index (χ2v) is 14.8. The molecule has 1 aromatic carbocycles. The van der Waals surface area contributed by atoms with Crippen molar-refractivity contribution in [3.05, 3.63) is 86.7 Å². The van der Waals surface area contributed by atoms with Gasteiger partial charge in [-0.3, -0.25) is 14.4 Å². The average Bonchev–Trinajstić information content (AvgIpc) is 3.75. The third-order valence-electron chi connectivity index (χ3n) is 11.2. The number of piperidine rings is 1. The maximum atomic E-state index is 14.9. The van der Waals surface area contributed by atoms with Crippen LogP contribution in [0.4, 0.5) is 29.1 Å². The first-order chi connectivity index (χ1) is 27.1. The Morgan fingerprint density at radius 1 is 1.02 bits per heavy atom. The van der Waals surface area contributed by atoms with Crippen LogP contribution in [0.25, 0.3) is 17.2 Å². The first-order valence-electron chi connectivity index (χ1n) is 18.5. The monoisotopic (exact) mass is 790 g/mol. The van der Waals surface area contributed by atoms with Gasteiger partial charge in [-0.25, -0.2) is 19.3 Å². The first kappa shape index (κ1) is 37.9. The van der Waals surface area contributed by atoms with Crippen LogP contribution in [0.15, 0.2) is 41.5 Å². The van der Waals surface area contributed by atoms with Crippen molar-refractivity contribution in [2.75, 3.05) is 49.6 Å². The fourth-order valence-corrected chi connectivity index (χ4v) is 8.38. The molecule has 0 unspecified atom stereocenters. The van der Waals surface area contributed by atoms with Gasteiger partial charge < -0.3 is 29.5 Å². The number of halogens is 4. The van der Waals surface area contributed by atoms with Crippen molar-refractivity contribution >= 4 is 29.1 Å². The summed E-state index contributed by atoms with van der Waals surface area (Å²) in [5.74, 6) is -2.12. The van der Waals surface area contributed by atoms with Crippen LogP contribution in [-0.4, -0.2) is 95.3 Å². The molecule has 6 heterocycles. The van der Waals surface area contributed by atoms with Crippen molar-refractivity contribution in [2.45, 2.75) is 64.1 Å². The number of hydrogen-bond acceptors (Lipinski definition) is 11. The number of amides is 2. The number of alkyl halides is 3. The summed E-state index contributed by atoms with van der Waals surface area (Å²) in [6, 6.07) is 5.50. The largest absolute Gasteiger partial charge is 0.504 e. The predicted octanol–water partition coefficient (Wildman–Crippen LogP) is 4.38. The van der Waals surface area contributed by atoms with E-state index in [2.05, 4.69) is 25.3 Å². The van der Waals surface area contributed by atoms with Gasteiger partial charge in [-0.1, -0.05) is 6.92 Å². The number of anilines is 2. The number of likely N-dealkylation sites (tertiary alicyclic amines) is 1. The Morgan fingerprint density at radius 3 is 2.44 bits per heavy atom. The Kier molecular flexibility index (Phi) is 9.44. The molecule has 57 heavy (non-hydrogen) atoms. The van der Waals surface area contributed by atoms with Crippen LogP contribution in [0.2, 0.25) is 0 Å². The normalized spacial score (nSPS) is 18.0. The van der Waals surface area contributed by atoms with E-state index in [1.54, 1.807) is 23.3 Å². The highest BCUT2D eigenvalue weighted by Gasteiger charge is 2.49. The molecule has 19 heteroatoms. The number of benzene rings is 1. The van der Waals surface area contributed by atoms with Crippen molar-refractivity contribution in [3.8, 4) is 17.1 Å². The van der Waals surface area contributed by atoms with Crippen molar-refractivity contribution in [1.82, 2.24) is 39.0 Å². The minimum absolute atomic E-state index is 0.0413. The molecule has 298 valence electrons. The molecule has 0 saturated carbocycles. The van der Waals surface area contributed by atoms with Crippen LogP contribution >= 0.6 is 0 Å². The van der Waals surface area contributed by atoms with E-state index in [0.29, 0.717) is 80.2 Å². The van der Waals surface area contributed by atoms with Gasteiger partial charge in [0.2, 0.25) is 11.7 Å². The van der Waals surface area contributed by atoms with Crippen LogP contribution in [0.5, 0.6) is 5.75 Å². The molecule has 2 N–H and O–H groups in total. The zero-order valence-electron chi connectivity index (χ0n) is 31.2. The van der Waals surface area contributed by atoms with Crippen LogP contribution in [0.1, 0.15) is 70.8 Å². The number of carbonyl (C=O) groups is 2. The molecule has 3 aliphatic rings. The van der Waals surface area contributed by atoms with E-state index in [0.717, 1.165) is 16.4 Å². The SMILES string of the molecule is Cc1nc(N2CCOCC2)ccc1-c1nc2n(CC(=O)Nc3ccc(C(F)(F)F)cc3F)c3c(c(=O)n2n1)C1(CCN(C(=O)c2ncnc(C)c2O)CC1)C[C@H]3C. The minimum atomic E-state index is -4.78. The van der Waals surface area contributed by atoms with Crippen molar-refractivity contribution in [1.29, 1.82) is 0 Å². The Bertz CT molecular complexity index is 2490. The van der Waals surface area contributed by atoms with Crippen LogP contribution in [0.3, 0.4) is 0 Å². The van der Waals surface area contributed by atoms with Crippen molar-refractivity contribution in [3.63, 3.8) is 0 Å². The number of hydrogen-bond donors (Lipinski definition) is 2. The van der Waals surface area contributed by atoms with Crippen LogP contribution < -0.4 is 15.8 Å². The number of fused-ring (bicyclic) bond motifs is 3. The molecule has 5 aromatic rings. The van der Waals surface area contributed by atoms with E-state index >= 15 is 0 Å². The summed E-state index contributed by atoms with van der Waals surface area (Å²) in [4.78, 5) is 63.0. The summed E-state index contributed by atoms with van der Waals surface area (Å²) < 4.78 is 62.7. The maximum absolute atomic E-state index is 14.9. The summed E-state index contributed by atoms with van der Waals surface area (Å²) in [7, 11) is 0. The summed E-state index contributed by atoms with van der Waals surface area (Å²) in [5.41, 5.74) is -0.579. The lowest BCUT2D eigenvalue weighted by Crippen LogP contribution is -2.46. The molecule has 1 spiro atoms. The van der Waals surface area contributed by atoms with E-state index in [9.17, 15) is 37.1 Å². The molecular weight excluding hydrogens is 752 g/mol. The van der Waals surface area contributed by atoms with Crippen LogP contribution in [0, 0.1) is 19.7 Å². The van der Waals surface area contributed by atoms with Gasteiger partial charge in [0.25, 0.3) is 11.5 Å². The summed E-state index contributed by atoms with van der Waals surface area (Å²) in [6.45, 7) is 7.79. The molecule has 1 aliphatic carbocycles. The van der Waals surface area contributed by atoms with E-state index in [1.165, 1.54) is 6.33 Å². The zero-order chi connectivity index (χ0) is 40.4. The molecule has 2 amide bonds. The second kappa shape index (κ2) is 14.2. The first-order valence-corrected chi connectivity index (χ1v) is 18.5. The van der Waals surface area contributed by atoms with Gasteiger partial charge >= 0.3 is 6.18 Å². The maximum Gasteiger partial charge on any atom is 0.416 e. The molecular formula is C38H38F4N10O5. The van der Waals surface area contributed by atoms with Gasteiger partial charge in [0.15, 0.2) is 17.3 Å². The molecule has 15 nitrogen and oxygen atoms in total. The van der Waals surface area contributed by atoms with Gasteiger partial charge in [-0.2, -0.15) is 22.7 Å². The van der Waals surface area contributed by atoms with E-state index in [-0.39, 0.29) is 47.7 Å². The number of aromatic hydroxyl groups is 1. The zero-order valence-corrected chi connectivity index (χ0v) is 31.2. The number of nitrogens with one attached hydrogen (secondary N) is 1. The molecule has 0 radical (unpaired) electrons. The van der Waals surface area contributed by atoms with E-state index in [4.69, 9.17) is 14.7 Å². The third kappa shape index (κ3) is 6.72. The number of aryl methyl sites for hydroxylation is 2. The van der Waals surface area contributed by atoms with Crippen molar-refractivity contribution in [2.24, 2.45) is 0 Å². The lowest BCUT2D eigenvalue weighted by molar-refractivity contribution is -0.137. The molecule has 8 rings (SSSR count). The highest BCUT2D eigenvalue weighted by molar-refractivity contribution is 5.95. The molecule has 2 aliphatic heterocycles. The van der Waals surface area contributed by atoms with Crippen molar-refractivity contribution < 1.29 is 37.0 Å². The number of carbonyl (C=O) groups excluding carboxylic acids is 2. The number of ether oxygens (including phenoxy) is 1. The Labute approximate surface area is 322 Å². The van der Waals surface area contributed by atoms with Gasteiger partial charge in [-0.05, 0) is 69.4 Å². The number of aromatic nitrogens is 7. The second-order valence-electron chi connectivity index (χ2n) is 14.8. The number of nitrogens with zero attached hydrogens (tertiary/aromatic N) is 9. The Morgan fingerprint density at radius 2 is 1.75 bits per heavy atom. The topological polar surface area (TPSA) is 173 Å². The van der Waals surface area contributed by atoms with E-state index < -0.39 is 52.6 Å². The average molecular weight is 791 g/mol. The number of pyridine rings is 1. The number of rotatable bonds is 6. The fraction of sp³-hybridized carbons (Fsp3) is 0.421. The molecule has 0 bridgehead atoms. The lowest BCUT2D eigenvalue weighted by atomic mass is 9.73. The molecule has 4 aromatic heterocycles. The predicted molar refractivity (Wildman–Crippen MR) is 197 cm³/mol. The van der Waals surface area contributed by atoms with Gasteiger partial charge in [0.05, 0.1) is 35.9 Å². The summed E-state index contributed by atoms with van der Waals surface area (Å²) in [6.07, 6.45) is -2.32. The summed E-state index contributed by atoms with van der Waals surface area (Å²) >= 11 is 0. The molecule has 2 saturated heterocycles. The quantitative estimate of drug-likeness (QED) is 0.234. The Balaban J connectivity index is 1.18. The van der Waals surface area contributed by atoms with Gasteiger partial charge in [0.1, 0.15) is 24.5 Å². The standard InChI is InChI=1S/C38H38F4N10O5/c1-20-17-37(8-10-50(11-9-37)35(56)30-32(54)22(3)43-19-44-30)29-31(20)51(18-28(53)46-26-6-4-23(16-25(26)39)38(40,41)42)36-47-33(48-52(36)34(29)55)24-5-7-27(45-21(24)2)49-12-14-57-15-13-49/h4-7,16,19-20,54H,8-15,17-18H2,1-3H3,(H,46,53)/t20-/m1/s1. The minimum Gasteiger partial charge on any atom is -0.504 e.